The molecule has 0 radical (unpaired) electrons. The summed E-state index contributed by atoms with van der Waals surface area (Å²) in [5.74, 6) is -0.331. The van der Waals surface area contributed by atoms with Crippen molar-refractivity contribution in [1.29, 1.82) is 0 Å². The minimum absolute atomic E-state index is 0.280. The van der Waals surface area contributed by atoms with Crippen molar-refractivity contribution in [3.8, 4) is 0 Å². The minimum atomic E-state index is -0.724. The second-order valence-electron chi connectivity index (χ2n) is 3.71. The molecule has 1 atom stereocenters. The van der Waals surface area contributed by atoms with Crippen LogP contribution in [0, 0.1) is 0 Å². The summed E-state index contributed by atoms with van der Waals surface area (Å²) in [6, 6.07) is 6.30. The number of nitrogens with two attached hydrogens (primary N) is 1. The lowest BCUT2D eigenvalue weighted by Gasteiger charge is -2.13. The predicted molar refractivity (Wildman–Crippen MR) is 84.0 cm³/mol. The average Bonchev–Trinajstić information content (AvgIpc) is 2.92. The van der Waals surface area contributed by atoms with Gasteiger partial charge in [0, 0.05) is 9.35 Å². The van der Waals surface area contributed by atoms with Crippen molar-refractivity contribution in [2.24, 2.45) is 5.73 Å². The van der Waals surface area contributed by atoms with Crippen LogP contribution in [0.3, 0.4) is 0 Å². The zero-order chi connectivity index (χ0) is 14.0. The van der Waals surface area contributed by atoms with Crippen LogP contribution in [0.5, 0.6) is 0 Å². The van der Waals surface area contributed by atoms with E-state index in [1.807, 2.05) is 17.5 Å². The molecule has 0 aliphatic carbocycles. The molecule has 0 aliphatic heterocycles. The minimum Gasteiger partial charge on any atom is -0.323 e. The number of anilines is 1. The third-order valence-electron chi connectivity index (χ3n) is 2.43. The zero-order valence-corrected chi connectivity index (χ0v) is 13.4. The van der Waals surface area contributed by atoms with E-state index >= 15 is 0 Å². The molecule has 0 aliphatic rings. The monoisotopic (exact) mass is 378 g/mol. The number of benzene rings is 1. The molecule has 1 amide bonds. The van der Waals surface area contributed by atoms with Crippen molar-refractivity contribution >= 4 is 62.1 Å². The van der Waals surface area contributed by atoms with E-state index in [-0.39, 0.29) is 10.9 Å². The molecule has 0 saturated carbocycles. The van der Waals surface area contributed by atoms with Crippen molar-refractivity contribution in [2.75, 3.05) is 5.32 Å². The molecule has 1 aromatic heterocycles. The molecule has 1 aromatic carbocycles. The van der Waals surface area contributed by atoms with Gasteiger partial charge in [-0.05, 0) is 39.5 Å². The number of hydrogen-bond acceptors (Lipinski definition) is 3. The smallest absolute Gasteiger partial charge is 0.246 e. The van der Waals surface area contributed by atoms with E-state index in [1.165, 1.54) is 11.3 Å². The molecule has 0 spiro atoms. The Bertz CT molecular complexity index is 604. The van der Waals surface area contributed by atoms with Crippen LogP contribution in [0.4, 0.5) is 5.69 Å². The van der Waals surface area contributed by atoms with Gasteiger partial charge in [-0.15, -0.1) is 11.3 Å². The van der Waals surface area contributed by atoms with Gasteiger partial charge >= 0.3 is 0 Å². The van der Waals surface area contributed by atoms with Gasteiger partial charge in [-0.1, -0.05) is 29.3 Å². The fourth-order valence-electron chi connectivity index (χ4n) is 1.43. The topological polar surface area (TPSA) is 55.1 Å². The Hall–Kier alpha value is -0.590. The van der Waals surface area contributed by atoms with Gasteiger partial charge in [0.2, 0.25) is 5.91 Å². The van der Waals surface area contributed by atoms with Crippen molar-refractivity contribution < 1.29 is 4.79 Å². The van der Waals surface area contributed by atoms with Crippen LogP contribution in [0.15, 0.2) is 34.1 Å². The molecule has 1 unspecified atom stereocenters. The van der Waals surface area contributed by atoms with Gasteiger partial charge in [-0.25, -0.2) is 0 Å². The summed E-state index contributed by atoms with van der Waals surface area (Å²) < 4.78 is 0.666. The van der Waals surface area contributed by atoms with Gasteiger partial charge in [0.1, 0.15) is 6.04 Å². The van der Waals surface area contributed by atoms with Gasteiger partial charge in [0.15, 0.2) is 0 Å². The van der Waals surface area contributed by atoms with Crippen molar-refractivity contribution in [3.63, 3.8) is 0 Å². The summed E-state index contributed by atoms with van der Waals surface area (Å²) >= 11 is 16.7. The first kappa shape index (κ1) is 14.8. The molecule has 2 rings (SSSR count). The lowest BCUT2D eigenvalue weighted by atomic mass is 10.2. The molecule has 0 bridgehead atoms. The normalized spacial score (nSPS) is 12.2. The third-order valence-corrected chi connectivity index (χ3v) is 5.15. The average molecular weight is 380 g/mol. The first-order chi connectivity index (χ1) is 9.00. The standard InChI is InChI=1S/C12H9BrCl2N2OS/c13-6-3-4-7(10(15)9(6)14)17-12(18)11(16)8-2-1-5-19-8/h1-5,11H,16H2,(H,17,18). The van der Waals surface area contributed by atoms with E-state index in [2.05, 4.69) is 21.2 Å². The lowest BCUT2D eigenvalue weighted by Crippen LogP contribution is -2.27. The molecule has 3 N–H and O–H groups in total. The van der Waals surface area contributed by atoms with E-state index in [0.717, 1.165) is 4.88 Å². The molecule has 7 heteroatoms. The molecule has 1 heterocycles. The summed E-state index contributed by atoms with van der Waals surface area (Å²) in [6.45, 7) is 0. The van der Waals surface area contributed by atoms with E-state index in [1.54, 1.807) is 12.1 Å². The molecular weight excluding hydrogens is 371 g/mol. The third kappa shape index (κ3) is 3.30. The predicted octanol–water partition coefficient (Wildman–Crippen LogP) is 4.46. The van der Waals surface area contributed by atoms with Crippen molar-refractivity contribution in [2.45, 2.75) is 6.04 Å². The van der Waals surface area contributed by atoms with Gasteiger partial charge in [0.25, 0.3) is 0 Å². The number of amides is 1. The number of hydrogen-bond donors (Lipinski definition) is 2. The zero-order valence-electron chi connectivity index (χ0n) is 9.49. The fraction of sp³-hybridized carbons (Fsp3) is 0.0833. The maximum absolute atomic E-state index is 12.0. The number of carbonyl (C=O) groups excluding carboxylic acids is 1. The summed E-state index contributed by atoms with van der Waals surface area (Å²) in [7, 11) is 0. The number of thiophene rings is 1. The summed E-state index contributed by atoms with van der Waals surface area (Å²) in [6.07, 6.45) is 0. The molecular formula is C12H9BrCl2N2OS. The molecule has 0 fully saturated rings. The lowest BCUT2D eigenvalue weighted by molar-refractivity contribution is -0.117. The number of nitrogens with one attached hydrogen (secondary N) is 1. The SMILES string of the molecule is NC(C(=O)Nc1ccc(Br)c(Cl)c1Cl)c1cccs1. The van der Waals surface area contributed by atoms with Crippen LogP contribution >= 0.6 is 50.5 Å². The van der Waals surface area contributed by atoms with Crippen molar-refractivity contribution in [3.05, 3.63) is 49.0 Å². The molecule has 19 heavy (non-hydrogen) atoms. The van der Waals surface area contributed by atoms with Crippen molar-refractivity contribution in [1.82, 2.24) is 0 Å². The van der Waals surface area contributed by atoms with E-state index < -0.39 is 6.04 Å². The Balaban J connectivity index is 2.18. The molecule has 2 aromatic rings. The van der Waals surface area contributed by atoms with Crippen LogP contribution in [0.25, 0.3) is 0 Å². The van der Waals surface area contributed by atoms with Crippen LogP contribution in [0.2, 0.25) is 10.0 Å². The second kappa shape index (κ2) is 6.24. The molecule has 3 nitrogen and oxygen atoms in total. The number of halogens is 3. The van der Waals surface area contributed by atoms with Crippen LogP contribution in [-0.4, -0.2) is 5.91 Å². The van der Waals surface area contributed by atoms with Crippen LogP contribution < -0.4 is 11.1 Å². The second-order valence-corrected chi connectivity index (χ2v) is 6.29. The highest BCUT2D eigenvalue weighted by Crippen LogP contribution is 2.36. The van der Waals surface area contributed by atoms with E-state index in [4.69, 9.17) is 28.9 Å². The van der Waals surface area contributed by atoms with Gasteiger partial charge < -0.3 is 11.1 Å². The summed E-state index contributed by atoms with van der Waals surface area (Å²) in [5.41, 5.74) is 6.30. The highest BCUT2D eigenvalue weighted by atomic mass is 79.9. The maximum Gasteiger partial charge on any atom is 0.246 e. The first-order valence-electron chi connectivity index (χ1n) is 5.24. The fourth-order valence-corrected chi connectivity index (χ4v) is 2.98. The Morgan fingerprint density at radius 2 is 2.05 bits per heavy atom. The van der Waals surface area contributed by atoms with Gasteiger partial charge in [0.05, 0.1) is 15.7 Å². The van der Waals surface area contributed by atoms with Crippen LogP contribution in [0.1, 0.15) is 10.9 Å². The first-order valence-corrected chi connectivity index (χ1v) is 7.67. The largest absolute Gasteiger partial charge is 0.323 e. The Morgan fingerprint density at radius 1 is 1.32 bits per heavy atom. The molecule has 100 valence electrons. The number of carbonyl (C=O) groups is 1. The summed E-state index contributed by atoms with van der Waals surface area (Å²) in [5, 5.41) is 5.17. The number of rotatable bonds is 3. The van der Waals surface area contributed by atoms with E-state index in [0.29, 0.717) is 15.2 Å². The van der Waals surface area contributed by atoms with Crippen LogP contribution in [-0.2, 0) is 4.79 Å². The summed E-state index contributed by atoms with van der Waals surface area (Å²) in [4.78, 5) is 12.8. The quantitative estimate of drug-likeness (QED) is 0.773. The van der Waals surface area contributed by atoms with Gasteiger partial charge in [-0.2, -0.15) is 0 Å². The Kier molecular flexibility index (Phi) is 4.86. The maximum atomic E-state index is 12.0. The highest BCUT2D eigenvalue weighted by Gasteiger charge is 2.18. The highest BCUT2D eigenvalue weighted by molar-refractivity contribution is 9.10. The van der Waals surface area contributed by atoms with E-state index in [9.17, 15) is 4.79 Å². The molecule has 0 saturated heterocycles. The van der Waals surface area contributed by atoms with Gasteiger partial charge in [-0.3, -0.25) is 4.79 Å². The Labute approximate surface area is 132 Å². The Morgan fingerprint density at radius 3 is 2.68 bits per heavy atom.